The average Bonchev–Trinajstić information content (AvgIpc) is 3.01. The summed E-state index contributed by atoms with van der Waals surface area (Å²) in [6, 6.07) is 17.5. The summed E-state index contributed by atoms with van der Waals surface area (Å²) in [6.07, 6.45) is 1.75. The van der Waals surface area contributed by atoms with Crippen LogP contribution in [0, 0.1) is 0 Å². The molecule has 0 bridgehead atoms. The maximum absolute atomic E-state index is 11.2. The van der Waals surface area contributed by atoms with Crippen molar-refractivity contribution in [3.8, 4) is 11.5 Å². The van der Waals surface area contributed by atoms with Gasteiger partial charge in [0.1, 0.15) is 11.4 Å². The minimum atomic E-state index is -1.57. The van der Waals surface area contributed by atoms with Gasteiger partial charge >= 0.3 is 5.91 Å². The Hall–Kier alpha value is -2.72. The fourth-order valence-corrected chi connectivity index (χ4v) is 3.91. The molecule has 2 heterocycles. The molecule has 0 saturated carbocycles. The van der Waals surface area contributed by atoms with Gasteiger partial charge in [0.15, 0.2) is 5.75 Å². The maximum atomic E-state index is 11.2. The van der Waals surface area contributed by atoms with Crippen molar-refractivity contribution < 1.29 is 14.6 Å². The second-order valence-electron chi connectivity index (χ2n) is 7.66. The van der Waals surface area contributed by atoms with Gasteiger partial charge in [0, 0.05) is 21.9 Å². The minimum absolute atomic E-state index is 0.216. The van der Waals surface area contributed by atoms with Crippen LogP contribution in [0.2, 0.25) is 0 Å². The van der Waals surface area contributed by atoms with Gasteiger partial charge in [0.25, 0.3) is 0 Å². The summed E-state index contributed by atoms with van der Waals surface area (Å²) in [6.45, 7) is 4.22. The van der Waals surface area contributed by atoms with Crippen molar-refractivity contribution in [1.82, 2.24) is 0 Å². The van der Waals surface area contributed by atoms with E-state index in [1.165, 1.54) is 0 Å². The molecule has 1 unspecified atom stereocenters. The van der Waals surface area contributed by atoms with Crippen LogP contribution < -0.4 is 14.8 Å². The van der Waals surface area contributed by atoms with Crippen molar-refractivity contribution in [3.63, 3.8) is 0 Å². The van der Waals surface area contributed by atoms with Crippen molar-refractivity contribution >= 4 is 16.5 Å². The molecule has 0 aliphatic carbocycles. The lowest BCUT2D eigenvalue weighted by molar-refractivity contribution is -0.108. The Bertz CT molecular complexity index is 1010. The second-order valence-corrected chi connectivity index (χ2v) is 7.66. The molecular weight excluding hydrogens is 326 g/mol. The molecule has 26 heavy (non-hydrogen) atoms. The molecule has 0 spiro atoms. The van der Waals surface area contributed by atoms with Crippen molar-refractivity contribution in [2.45, 2.75) is 38.2 Å². The first-order valence-electron chi connectivity index (χ1n) is 8.99. The predicted molar refractivity (Wildman–Crippen MR) is 102 cm³/mol. The normalized spacial score (nSPS) is 22.7. The van der Waals surface area contributed by atoms with Gasteiger partial charge in [-0.2, -0.15) is 0 Å². The Labute approximate surface area is 152 Å². The van der Waals surface area contributed by atoms with Crippen LogP contribution >= 0.6 is 0 Å². The fraction of sp³-hybridized carbons (Fsp3) is 0.273. The number of anilines is 1. The third kappa shape index (κ3) is 2.19. The summed E-state index contributed by atoms with van der Waals surface area (Å²) in [5.41, 5.74) is 2.31. The first kappa shape index (κ1) is 15.5. The first-order valence-corrected chi connectivity index (χ1v) is 8.99. The monoisotopic (exact) mass is 347 g/mol. The molecular formula is C22H21NO3. The lowest BCUT2D eigenvalue weighted by atomic mass is 9.90. The van der Waals surface area contributed by atoms with Gasteiger partial charge in [-0.15, -0.1) is 0 Å². The third-order valence-electron chi connectivity index (χ3n) is 5.28. The number of fused-ring (bicyclic) bond motifs is 6. The second kappa shape index (κ2) is 5.15. The average molecular weight is 347 g/mol. The number of aliphatic hydroxyl groups is 1. The van der Waals surface area contributed by atoms with Gasteiger partial charge in [-0.3, -0.25) is 0 Å². The lowest BCUT2D eigenvalue weighted by Crippen LogP contribution is -2.36. The van der Waals surface area contributed by atoms with E-state index >= 15 is 0 Å². The molecule has 2 N–H and O–H groups in total. The number of hydrogen-bond donors (Lipinski definition) is 2. The molecule has 132 valence electrons. The highest BCUT2D eigenvalue weighted by Gasteiger charge is 2.43. The van der Waals surface area contributed by atoms with Crippen LogP contribution in [0.3, 0.4) is 0 Å². The molecule has 3 aromatic rings. The molecule has 2 aliphatic rings. The Morgan fingerprint density at radius 2 is 1.58 bits per heavy atom. The number of nitrogens with one attached hydrogen (secondary N) is 1. The molecule has 0 fully saturated rings. The summed E-state index contributed by atoms with van der Waals surface area (Å²) in [5, 5.41) is 16.4. The summed E-state index contributed by atoms with van der Waals surface area (Å²) >= 11 is 0. The molecule has 2 aliphatic heterocycles. The van der Waals surface area contributed by atoms with Crippen molar-refractivity contribution in [3.05, 3.63) is 65.7 Å². The molecule has 0 radical (unpaired) electrons. The predicted octanol–water partition coefficient (Wildman–Crippen LogP) is 4.55. The summed E-state index contributed by atoms with van der Waals surface area (Å²) < 4.78 is 12.5. The maximum Gasteiger partial charge on any atom is 0.318 e. The van der Waals surface area contributed by atoms with Gasteiger partial charge in [-0.1, -0.05) is 54.6 Å². The quantitative estimate of drug-likeness (QED) is 0.678. The Morgan fingerprint density at radius 1 is 0.885 bits per heavy atom. The Kier molecular flexibility index (Phi) is 3.07. The van der Waals surface area contributed by atoms with Crippen LogP contribution in [0.5, 0.6) is 11.5 Å². The molecule has 4 heteroatoms. The first-order chi connectivity index (χ1) is 12.5. The van der Waals surface area contributed by atoms with E-state index in [0.717, 1.165) is 40.6 Å². The minimum Gasteiger partial charge on any atom is -0.487 e. The molecule has 0 saturated heterocycles. The van der Waals surface area contributed by atoms with Crippen molar-refractivity contribution in [2.75, 3.05) is 5.32 Å². The van der Waals surface area contributed by atoms with Crippen LogP contribution in [0.25, 0.3) is 10.8 Å². The molecule has 1 atom stereocenters. The third-order valence-corrected chi connectivity index (χ3v) is 5.28. The van der Waals surface area contributed by atoms with E-state index < -0.39 is 5.91 Å². The van der Waals surface area contributed by atoms with E-state index in [0.29, 0.717) is 11.3 Å². The highest BCUT2D eigenvalue weighted by molar-refractivity contribution is 6.03. The fourth-order valence-electron chi connectivity index (χ4n) is 3.91. The van der Waals surface area contributed by atoms with Crippen LogP contribution in [0.4, 0.5) is 5.69 Å². The molecule has 4 nitrogen and oxygen atoms in total. The van der Waals surface area contributed by atoms with Crippen LogP contribution in [0.15, 0.2) is 54.6 Å². The van der Waals surface area contributed by atoms with Gasteiger partial charge in [-0.05, 0) is 26.7 Å². The standard InChI is InChI=1S/C22H21NO3/c1-21(2)13-12-17-19(25-21)16-11-7-6-10-15(16)18-20(17)26-22(24,23-18)14-8-4-3-5-9-14/h3-11,23-24H,12-13H2,1-2H3. The SMILES string of the molecule is CC1(C)CCc2c3c(c4ccccc4c2O1)NC(O)(c1ccccc1)O3. The highest BCUT2D eigenvalue weighted by atomic mass is 16.7. The topological polar surface area (TPSA) is 50.7 Å². The molecule has 3 aromatic carbocycles. The zero-order valence-corrected chi connectivity index (χ0v) is 14.9. The van der Waals surface area contributed by atoms with Gasteiger partial charge < -0.3 is 19.9 Å². The summed E-state index contributed by atoms with van der Waals surface area (Å²) in [4.78, 5) is 0. The number of hydrogen-bond acceptors (Lipinski definition) is 4. The van der Waals surface area contributed by atoms with E-state index in [1.54, 1.807) is 0 Å². The van der Waals surface area contributed by atoms with Crippen molar-refractivity contribution in [2.24, 2.45) is 0 Å². The highest BCUT2D eigenvalue weighted by Crippen LogP contribution is 2.53. The van der Waals surface area contributed by atoms with Crippen LogP contribution in [-0.2, 0) is 12.3 Å². The largest absolute Gasteiger partial charge is 0.487 e. The van der Waals surface area contributed by atoms with Gasteiger partial charge in [-0.25, -0.2) is 0 Å². The van der Waals surface area contributed by atoms with Crippen LogP contribution in [0.1, 0.15) is 31.4 Å². The summed E-state index contributed by atoms with van der Waals surface area (Å²) in [7, 11) is 0. The summed E-state index contributed by atoms with van der Waals surface area (Å²) in [5.74, 6) is -0.00989. The van der Waals surface area contributed by atoms with Gasteiger partial charge in [0.05, 0.1) is 5.69 Å². The smallest absolute Gasteiger partial charge is 0.318 e. The zero-order valence-electron chi connectivity index (χ0n) is 14.9. The Balaban J connectivity index is 1.74. The number of rotatable bonds is 1. The molecule has 0 amide bonds. The number of ether oxygens (including phenoxy) is 2. The Morgan fingerprint density at radius 3 is 2.35 bits per heavy atom. The van der Waals surface area contributed by atoms with E-state index in [2.05, 4.69) is 25.2 Å². The zero-order chi connectivity index (χ0) is 17.9. The number of benzene rings is 3. The van der Waals surface area contributed by atoms with E-state index in [-0.39, 0.29) is 5.60 Å². The van der Waals surface area contributed by atoms with E-state index in [9.17, 15) is 5.11 Å². The van der Waals surface area contributed by atoms with Gasteiger partial charge in [0.2, 0.25) is 0 Å². The molecule has 5 rings (SSSR count). The van der Waals surface area contributed by atoms with Crippen molar-refractivity contribution in [1.29, 1.82) is 0 Å². The van der Waals surface area contributed by atoms with Crippen LogP contribution in [-0.4, -0.2) is 10.7 Å². The van der Waals surface area contributed by atoms with E-state index in [4.69, 9.17) is 9.47 Å². The van der Waals surface area contributed by atoms with E-state index in [1.807, 2.05) is 48.5 Å². The lowest BCUT2D eigenvalue weighted by Gasteiger charge is -2.34. The molecule has 0 aromatic heterocycles.